The molecule has 2 fully saturated rings. The summed E-state index contributed by atoms with van der Waals surface area (Å²) < 4.78 is 0. The highest BCUT2D eigenvalue weighted by atomic mass is 16.3. The Labute approximate surface area is 131 Å². The molecule has 1 saturated heterocycles. The van der Waals surface area contributed by atoms with Crippen LogP contribution in [0, 0.1) is 5.92 Å². The molecule has 0 bridgehead atoms. The summed E-state index contributed by atoms with van der Waals surface area (Å²) in [5, 5.41) is 22.2. The summed E-state index contributed by atoms with van der Waals surface area (Å²) >= 11 is 0. The molecule has 3 unspecified atom stereocenters. The number of anilines is 2. The van der Waals surface area contributed by atoms with Gasteiger partial charge >= 0.3 is 0 Å². The summed E-state index contributed by atoms with van der Waals surface area (Å²) in [6, 6.07) is 2.56. The molecular weight excluding hydrogens is 280 g/mol. The van der Waals surface area contributed by atoms with E-state index in [0.717, 1.165) is 43.9 Å². The fourth-order valence-electron chi connectivity index (χ4n) is 3.84. The van der Waals surface area contributed by atoms with Gasteiger partial charge in [0.15, 0.2) is 0 Å². The predicted octanol–water partition coefficient (Wildman–Crippen LogP) is 1.40. The van der Waals surface area contributed by atoms with E-state index < -0.39 is 0 Å². The van der Waals surface area contributed by atoms with Crippen molar-refractivity contribution >= 4 is 11.6 Å². The fourth-order valence-corrected chi connectivity index (χ4v) is 3.84. The number of nitrogens with one attached hydrogen (secondary N) is 1. The van der Waals surface area contributed by atoms with Gasteiger partial charge in [-0.1, -0.05) is 6.42 Å². The molecule has 1 saturated carbocycles. The van der Waals surface area contributed by atoms with Crippen molar-refractivity contribution in [2.24, 2.45) is 5.92 Å². The minimum absolute atomic E-state index is 0.175. The van der Waals surface area contributed by atoms with E-state index in [0.29, 0.717) is 12.0 Å². The SMILES string of the molecule is OCCC1CCCC1Nc1cc(N2CCCC2CO)ncn1. The molecule has 0 spiro atoms. The highest BCUT2D eigenvalue weighted by Crippen LogP contribution is 2.31. The van der Waals surface area contributed by atoms with E-state index in [-0.39, 0.29) is 19.3 Å². The Morgan fingerprint density at radius 1 is 1.18 bits per heavy atom. The number of rotatable bonds is 6. The Morgan fingerprint density at radius 3 is 2.91 bits per heavy atom. The average Bonchev–Trinajstić information content (AvgIpc) is 3.17. The van der Waals surface area contributed by atoms with E-state index in [1.165, 1.54) is 12.8 Å². The molecule has 1 aromatic heterocycles. The molecule has 6 heteroatoms. The number of aliphatic hydroxyl groups is 2. The van der Waals surface area contributed by atoms with E-state index in [1.807, 2.05) is 6.07 Å². The average molecular weight is 306 g/mol. The van der Waals surface area contributed by atoms with Gasteiger partial charge in [-0.05, 0) is 38.0 Å². The Morgan fingerprint density at radius 2 is 2.09 bits per heavy atom. The second kappa shape index (κ2) is 7.24. The van der Waals surface area contributed by atoms with Crippen LogP contribution in [-0.2, 0) is 0 Å². The van der Waals surface area contributed by atoms with E-state index in [2.05, 4.69) is 20.2 Å². The monoisotopic (exact) mass is 306 g/mol. The molecular formula is C16H26N4O2. The van der Waals surface area contributed by atoms with E-state index >= 15 is 0 Å². The quantitative estimate of drug-likeness (QED) is 0.737. The van der Waals surface area contributed by atoms with Crippen molar-refractivity contribution in [2.75, 3.05) is 30.0 Å². The maximum Gasteiger partial charge on any atom is 0.134 e. The summed E-state index contributed by atoms with van der Waals surface area (Å²) in [5.41, 5.74) is 0. The molecule has 122 valence electrons. The first-order valence-corrected chi connectivity index (χ1v) is 8.38. The first-order chi connectivity index (χ1) is 10.8. The number of nitrogens with zero attached hydrogens (tertiary/aromatic N) is 3. The van der Waals surface area contributed by atoms with Crippen LogP contribution in [0.1, 0.15) is 38.5 Å². The molecule has 0 aromatic carbocycles. The van der Waals surface area contributed by atoms with Gasteiger partial charge in [-0.15, -0.1) is 0 Å². The van der Waals surface area contributed by atoms with Crippen LogP contribution in [0.5, 0.6) is 0 Å². The summed E-state index contributed by atoms with van der Waals surface area (Å²) in [4.78, 5) is 10.9. The second-order valence-electron chi connectivity index (χ2n) is 6.39. The van der Waals surface area contributed by atoms with Gasteiger partial charge in [0.2, 0.25) is 0 Å². The van der Waals surface area contributed by atoms with E-state index in [1.54, 1.807) is 6.33 Å². The second-order valence-corrected chi connectivity index (χ2v) is 6.39. The number of hydrogen-bond acceptors (Lipinski definition) is 6. The molecule has 0 amide bonds. The van der Waals surface area contributed by atoms with Gasteiger partial charge < -0.3 is 20.4 Å². The van der Waals surface area contributed by atoms with Crippen molar-refractivity contribution in [3.05, 3.63) is 12.4 Å². The highest BCUT2D eigenvalue weighted by Gasteiger charge is 2.28. The number of hydrogen-bond donors (Lipinski definition) is 3. The molecule has 6 nitrogen and oxygen atoms in total. The zero-order valence-electron chi connectivity index (χ0n) is 13.0. The van der Waals surface area contributed by atoms with Gasteiger partial charge in [0.05, 0.1) is 12.6 Å². The minimum Gasteiger partial charge on any atom is -0.396 e. The maximum atomic E-state index is 9.47. The van der Waals surface area contributed by atoms with Crippen LogP contribution in [0.25, 0.3) is 0 Å². The Hall–Kier alpha value is -1.40. The summed E-state index contributed by atoms with van der Waals surface area (Å²) in [7, 11) is 0. The van der Waals surface area contributed by atoms with Gasteiger partial charge in [0.25, 0.3) is 0 Å². The lowest BCUT2D eigenvalue weighted by atomic mass is 10.00. The van der Waals surface area contributed by atoms with Crippen LogP contribution in [-0.4, -0.2) is 52.0 Å². The molecule has 2 aliphatic rings. The van der Waals surface area contributed by atoms with Gasteiger partial charge in [0, 0.05) is 25.3 Å². The maximum absolute atomic E-state index is 9.47. The predicted molar refractivity (Wildman–Crippen MR) is 85.9 cm³/mol. The lowest BCUT2D eigenvalue weighted by Gasteiger charge is -2.25. The molecule has 1 aliphatic carbocycles. The standard InChI is InChI=1S/C16H26N4O2/c21-8-6-12-3-1-5-14(12)19-15-9-16(18-11-17-15)20-7-2-4-13(20)10-22/h9,11-14,21-22H,1-8,10H2,(H,17,18,19). The third kappa shape index (κ3) is 3.33. The fraction of sp³-hybridized carbons (Fsp3) is 0.750. The summed E-state index contributed by atoms with van der Waals surface area (Å²) in [5.74, 6) is 2.27. The zero-order chi connectivity index (χ0) is 15.4. The van der Waals surface area contributed by atoms with Crippen molar-refractivity contribution in [1.29, 1.82) is 0 Å². The molecule has 1 aromatic rings. The topological polar surface area (TPSA) is 81.5 Å². The van der Waals surface area contributed by atoms with Crippen LogP contribution in [0.3, 0.4) is 0 Å². The Balaban J connectivity index is 1.68. The minimum atomic E-state index is 0.175. The van der Waals surface area contributed by atoms with Gasteiger partial charge in [0.1, 0.15) is 18.0 Å². The summed E-state index contributed by atoms with van der Waals surface area (Å²) in [6.45, 7) is 1.37. The molecule has 3 rings (SSSR count). The van der Waals surface area contributed by atoms with Gasteiger partial charge in [-0.2, -0.15) is 0 Å². The highest BCUT2D eigenvalue weighted by molar-refractivity contribution is 5.50. The van der Waals surface area contributed by atoms with Crippen LogP contribution in [0.15, 0.2) is 12.4 Å². The lowest BCUT2D eigenvalue weighted by molar-refractivity contribution is 0.254. The Kier molecular flexibility index (Phi) is 5.10. The number of aliphatic hydroxyl groups excluding tert-OH is 2. The normalized spacial score (nSPS) is 28.3. The smallest absolute Gasteiger partial charge is 0.134 e. The van der Waals surface area contributed by atoms with Crippen molar-refractivity contribution < 1.29 is 10.2 Å². The third-order valence-electron chi connectivity index (χ3n) is 5.03. The molecule has 0 radical (unpaired) electrons. The van der Waals surface area contributed by atoms with Crippen LogP contribution in [0.4, 0.5) is 11.6 Å². The molecule has 3 atom stereocenters. The number of aromatic nitrogens is 2. The van der Waals surface area contributed by atoms with Crippen LogP contribution in [0.2, 0.25) is 0 Å². The van der Waals surface area contributed by atoms with E-state index in [4.69, 9.17) is 0 Å². The van der Waals surface area contributed by atoms with Crippen LogP contribution < -0.4 is 10.2 Å². The largest absolute Gasteiger partial charge is 0.396 e. The van der Waals surface area contributed by atoms with Crippen molar-refractivity contribution in [1.82, 2.24) is 9.97 Å². The summed E-state index contributed by atoms with van der Waals surface area (Å²) in [6.07, 6.45) is 8.08. The first-order valence-electron chi connectivity index (χ1n) is 8.38. The van der Waals surface area contributed by atoms with Crippen LogP contribution >= 0.6 is 0 Å². The Bertz CT molecular complexity index is 485. The van der Waals surface area contributed by atoms with Crippen molar-refractivity contribution in [3.63, 3.8) is 0 Å². The van der Waals surface area contributed by atoms with E-state index in [9.17, 15) is 10.2 Å². The zero-order valence-corrected chi connectivity index (χ0v) is 13.0. The van der Waals surface area contributed by atoms with Crippen molar-refractivity contribution in [3.8, 4) is 0 Å². The molecule has 1 aliphatic heterocycles. The molecule has 3 N–H and O–H groups in total. The first kappa shape index (κ1) is 15.5. The van der Waals surface area contributed by atoms with Crippen molar-refractivity contribution in [2.45, 2.75) is 50.6 Å². The molecule has 2 heterocycles. The van der Waals surface area contributed by atoms with Gasteiger partial charge in [-0.3, -0.25) is 0 Å². The van der Waals surface area contributed by atoms with Gasteiger partial charge in [-0.25, -0.2) is 9.97 Å². The molecule has 22 heavy (non-hydrogen) atoms. The third-order valence-corrected chi connectivity index (χ3v) is 5.03. The lowest BCUT2D eigenvalue weighted by Crippen LogP contribution is -2.33.